The Morgan fingerprint density at radius 1 is 1.00 bits per heavy atom. The predicted molar refractivity (Wildman–Crippen MR) is 125 cm³/mol. The van der Waals surface area contributed by atoms with Gasteiger partial charge in [-0.25, -0.2) is 4.98 Å². The van der Waals surface area contributed by atoms with Gasteiger partial charge in [0.1, 0.15) is 11.5 Å². The lowest BCUT2D eigenvalue weighted by molar-refractivity contribution is 0.102. The molecule has 0 saturated carbocycles. The minimum atomic E-state index is -0.271. The topological polar surface area (TPSA) is 73.6 Å². The zero-order chi connectivity index (χ0) is 22.7. The van der Waals surface area contributed by atoms with Gasteiger partial charge in [-0.1, -0.05) is 23.7 Å². The molecule has 1 N–H and O–H groups in total. The van der Waals surface area contributed by atoms with Crippen molar-refractivity contribution in [3.05, 3.63) is 83.0 Å². The number of amides is 1. The van der Waals surface area contributed by atoms with Gasteiger partial charge in [0.05, 0.1) is 31.5 Å². The van der Waals surface area contributed by atoms with Crippen molar-refractivity contribution in [2.24, 2.45) is 0 Å². The van der Waals surface area contributed by atoms with Crippen LogP contribution in [0.5, 0.6) is 11.5 Å². The van der Waals surface area contributed by atoms with Gasteiger partial charge in [0.25, 0.3) is 5.91 Å². The zero-order valence-electron chi connectivity index (χ0n) is 17.8. The van der Waals surface area contributed by atoms with Crippen molar-refractivity contribution in [2.75, 3.05) is 19.5 Å². The molecule has 0 saturated heterocycles. The highest BCUT2D eigenvalue weighted by Crippen LogP contribution is 2.36. The van der Waals surface area contributed by atoms with E-state index in [1.807, 2.05) is 25.1 Å². The molecule has 0 atom stereocenters. The molecule has 1 amide bonds. The normalized spacial score (nSPS) is 10.6. The van der Waals surface area contributed by atoms with Crippen LogP contribution in [-0.2, 0) is 0 Å². The van der Waals surface area contributed by atoms with Crippen LogP contribution >= 0.6 is 11.6 Å². The summed E-state index contributed by atoms with van der Waals surface area (Å²) in [7, 11) is 3.17. The second-order valence-corrected chi connectivity index (χ2v) is 7.49. The second-order valence-electron chi connectivity index (χ2n) is 7.05. The zero-order valence-corrected chi connectivity index (χ0v) is 18.6. The highest BCUT2D eigenvalue weighted by Gasteiger charge is 2.19. The maximum atomic E-state index is 13.0. The van der Waals surface area contributed by atoms with Gasteiger partial charge in [-0.05, 0) is 55.0 Å². The van der Waals surface area contributed by atoms with Crippen molar-refractivity contribution >= 4 is 23.2 Å². The first-order valence-corrected chi connectivity index (χ1v) is 10.2. The first kappa shape index (κ1) is 21.5. The fourth-order valence-corrected chi connectivity index (χ4v) is 3.58. The van der Waals surface area contributed by atoms with E-state index in [2.05, 4.69) is 10.3 Å². The van der Waals surface area contributed by atoms with Gasteiger partial charge < -0.3 is 19.2 Å². The monoisotopic (exact) mass is 448 g/mol. The van der Waals surface area contributed by atoms with Crippen molar-refractivity contribution in [3.63, 3.8) is 0 Å². The average molecular weight is 449 g/mol. The third kappa shape index (κ3) is 4.31. The number of anilines is 1. The van der Waals surface area contributed by atoms with Gasteiger partial charge in [-0.15, -0.1) is 0 Å². The molecule has 4 rings (SSSR count). The summed E-state index contributed by atoms with van der Waals surface area (Å²) in [5, 5.41) is 3.55. The summed E-state index contributed by atoms with van der Waals surface area (Å²) in [5.41, 5.74) is 3.30. The van der Waals surface area contributed by atoms with Crippen molar-refractivity contribution in [2.45, 2.75) is 6.92 Å². The smallest absolute Gasteiger partial charge is 0.256 e. The molecular formula is C25H21ClN2O4. The second kappa shape index (κ2) is 9.16. The number of carbonyl (C=O) groups is 1. The SMILES string of the molecule is COc1ccc(-c2cnc(-c3ccccc3C(=O)Nc3ccc(Cl)cc3C)o2)c(OC)c1. The number of aryl methyl sites for hydroxylation is 1. The molecule has 6 nitrogen and oxygen atoms in total. The van der Waals surface area contributed by atoms with E-state index in [-0.39, 0.29) is 5.91 Å². The van der Waals surface area contributed by atoms with E-state index in [9.17, 15) is 4.79 Å². The minimum absolute atomic E-state index is 0.271. The van der Waals surface area contributed by atoms with Gasteiger partial charge >= 0.3 is 0 Å². The van der Waals surface area contributed by atoms with Crippen LogP contribution in [0.2, 0.25) is 5.02 Å². The number of halogens is 1. The first-order valence-electron chi connectivity index (χ1n) is 9.85. The van der Waals surface area contributed by atoms with Crippen molar-refractivity contribution in [3.8, 4) is 34.3 Å². The standard InChI is InChI=1S/C25H21ClN2O4/c1-15-12-16(26)8-11-21(15)28-24(29)18-6-4-5-7-19(18)25-27-14-23(32-25)20-10-9-17(30-2)13-22(20)31-3/h4-14H,1-3H3,(H,28,29). The van der Waals surface area contributed by atoms with E-state index in [4.69, 9.17) is 25.5 Å². The minimum Gasteiger partial charge on any atom is -0.497 e. The number of rotatable bonds is 6. The van der Waals surface area contributed by atoms with E-state index < -0.39 is 0 Å². The van der Waals surface area contributed by atoms with Crippen LogP contribution in [0.3, 0.4) is 0 Å². The Kier molecular flexibility index (Phi) is 6.14. The number of benzene rings is 3. The molecule has 1 aromatic heterocycles. The van der Waals surface area contributed by atoms with Gasteiger partial charge in [-0.3, -0.25) is 4.79 Å². The Balaban J connectivity index is 1.67. The molecule has 0 fully saturated rings. The number of nitrogens with zero attached hydrogens (tertiary/aromatic N) is 1. The molecule has 32 heavy (non-hydrogen) atoms. The molecule has 4 aromatic rings. The number of ether oxygens (including phenoxy) is 2. The third-order valence-electron chi connectivity index (χ3n) is 5.02. The summed E-state index contributed by atoms with van der Waals surface area (Å²) in [6.07, 6.45) is 1.61. The van der Waals surface area contributed by atoms with Crippen LogP contribution in [0.4, 0.5) is 5.69 Å². The van der Waals surface area contributed by atoms with Gasteiger partial charge in [-0.2, -0.15) is 0 Å². The van der Waals surface area contributed by atoms with E-state index in [1.165, 1.54) is 0 Å². The van der Waals surface area contributed by atoms with E-state index >= 15 is 0 Å². The van der Waals surface area contributed by atoms with Gasteiger partial charge in [0.15, 0.2) is 5.76 Å². The van der Waals surface area contributed by atoms with Gasteiger partial charge in [0.2, 0.25) is 5.89 Å². The quantitative estimate of drug-likeness (QED) is 0.378. The number of hydrogen-bond donors (Lipinski definition) is 1. The number of carbonyl (C=O) groups excluding carboxylic acids is 1. The Bertz CT molecular complexity index is 1280. The lowest BCUT2D eigenvalue weighted by Crippen LogP contribution is -2.14. The Morgan fingerprint density at radius 3 is 2.56 bits per heavy atom. The molecule has 162 valence electrons. The van der Waals surface area contributed by atoms with Crippen molar-refractivity contribution in [1.29, 1.82) is 0 Å². The van der Waals surface area contributed by atoms with Crippen LogP contribution < -0.4 is 14.8 Å². The summed E-state index contributed by atoms with van der Waals surface area (Å²) >= 11 is 6.02. The van der Waals surface area contributed by atoms with Crippen LogP contribution in [0.1, 0.15) is 15.9 Å². The first-order chi connectivity index (χ1) is 15.5. The van der Waals surface area contributed by atoms with Crippen LogP contribution in [0.25, 0.3) is 22.8 Å². The molecule has 3 aromatic carbocycles. The van der Waals surface area contributed by atoms with E-state index in [0.29, 0.717) is 45.0 Å². The molecule has 0 radical (unpaired) electrons. The number of oxazole rings is 1. The van der Waals surface area contributed by atoms with Crippen LogP contribution in [0, 0.1) is 6.92 Å². The number of hydrogen-bond acceptors (Lipinski definition) is 5. The highest BCUT2D eigenvalue weighted by atomic mass is 35.5. The summed E-state index contributed by atoms with van der Waals surface area (Å²) in [6.45, 7) is 1.88. The van der Waals surface area contributed by atoms with Crippen molar-refractivity contribution in [1.82, 2.24) is 4.98 Å². The predicted octanol–water partition coefficient (Wildman–Crippen LogP) is 6.24. The van der Waals surface area contributed by atoms with Gasteiger partial charge in [0, 0.05) is 22.3 Å². The van der Waals surface area contributed by atoms with Crippen LogP contribution in [-0.4, -0.2) is 25.1 Å². The molecule has 0 spiro atoms. The molecule has 0 aliphatic carbocycles. The highest BCUT2D eigenvalue weighted by molar-refractivity contribution is 6.30. The summed E-state index contributed by atoms with van der Waals surface area (Å²) < 4.78 is 16.7. The Labute approximate surface area is 190 Å². The summed E-state index contributed by atoms with van der Waals surface area (Å²) in [6, 6.07) is 17.9. The molecule has 0 aliphatic rings. The lowest BCUT2D eigenvalue weighted by Gasteiger charge is -2.11. The molecule has 0 unspecified atom stereocenters. The van der Waals surface area contributed by atoms with Crippen molar-refractivity contribution < 1.29 is 18.7 Å². The molecule has 0 bridgehead atoms. The molecule has 7 heteroatoms. The summed E-state index contributed by atoms with van der Waals surface area (Å²) in [4.78, 5) is 17.5. The molecular weight excluding hydrogens is 428 g/mol. The number of nitrogens with one attached hydrogen (secondary N) is 1. The largest absolute Gasteiger partial charge is 0.497 e. The summed E-state index contributed by atoms with van der Waals surface area (Å²) in [5.74, 6) is 1.84. The Morgan fingerprint density at radius 2 is 1.81 bits per heavy atom. The lowest BCUT2D eigenvalue weighted by atomic mass is 10.1. The fraction of sp³-hybridized carbons (Fsp3) is 0.120. The maximum absolute atomic E-state index is 13.0. The number of aromatic nitrogens is 1. The third-order valence-corrected chi connectivity index (χ3v) is 5.25. The fourth-order valence-electron chi connectivity index (χ4n) is 3.35. The van der Waals surface area contributed by atoms with E-state index in [0.717, 1.165) is 11.1 Å². The van der Waals surface area contributed by atoms with Crippen LogP contribution in [0.15, 0.2) is 71.3 Å². The van der Waals surface area contributed by atoms with E-state index in [1.54, 1.807) is 62.9 Å². The molecule has 1 heterocycles. The molecule has 0 aliphatic heterocycles. The Hall–Kier alpha value is -3.77. The average Bonchev–Trinajstić information content (AvgIpc) is 3.30. The maximum Gasteiger partial charge on any atom is 0.256 e. The number of methoxy groups -OCH3 is 2.